The number of ketones is 1. The summed E-state index contributed by atoms with van der Waals surface area (Å²) in [4.78, 5) is 23.6. The van der Waals surface area contributed by atoms with Crippen molar-refractivity contribution in [3.63, 3.8) is 0 Å². The fraction of sp³-hybridized carbons (Fsp3) is 0.294. The van der Waals surface area contributed by atoms with Gasteiger partial charge in [-0.3, -0.25) is 9.59 Å². The second-order valence-corrected chi connectivity index (χ2v) is 5.14. The van der Waals surface area contributed by atoms with Crippen molar-refractivity contribution in [2.45, 2.75) is 12.5 Å². The number of fused-ring (bicyclic) bond motifs is 1. The van der Waals surface area contributed by atoms with Crippen LogP contribution in [0.15, 0.2) is 42.5 Å². The number of methoxy groups -OCH3 is 1. The molecule has 21 heavy (non-hydrogen) atoms. The maximum absolute atomic E-state index is 12.1. The highest BCUT2D eigenvalue weighted by Crippen LogP contribution is 2.33. The van der Waals surface area contributed by atoms with E-state index >= 15 is 0 Å². The number of Topliss-reactive ketones (excluding diaryl/α,β-unsaturated/α-hetero) is 1. The molecule has 1 saturated heterocycles. The van der Waals surface area contributed by atoms with Gasteiger partial charge in [-0.1, -0.05) is 42.5 Å². The third kappa shape index (κ3) is 2.54. The predicted molar refractivity (Wildman–Crippen MR) is 77.8 cm³/mol. The first-order valence-electron chi connectivity index (χ1n) is 6.90. The van der Waals surface area contributed by atoms with Crippen molar-refractivity contribution in [3.05, 3.63) is 48.0 Å². The van der Waals surface area contributed by atoms with Crippen LogP contribution < -0.4 is 0 Å². The minimum absolute atomic E-state index is 0.0827. The van der Waals surface area contributed by atoms with Crippen LogP contribution in [-0.2, 0) is 19.1 Å². The number of hydrogen-bond donors (Lipinski definition) is 0. The first-order chi connectivity index (χ1) is 10.2. The highest BCUT2D eigenvalue weighted by molar-refractivity contribution is 6.00. The highest BCUT2D eigenvalue weighted by atomic mass is 16.5. The summed E-state index contributed by atoms with van der Waals surface area (Å²) in [6, 6.07) is 13.9. The van der Waals surface area contributed by atoms with Crippen molar-refractivity contribution in [2.75, 3.05) is 13.7 Å². The maximum Gasteiger partial charge on any atom is 0.318 e. The molecular formula is C17H16O4. The average Bonchev–Trinajstić information content (AvgIpc) is 2.53. The monoisotopic (exact) mass is 284 g/mol. The van der Waals surface area contributed by atoms with E-state index in [4.69, 9.17) is 4.74 Å². The summed E-state index contributed by atoms with van der Waals surface area (Å²) < 4.78 is 10.4. The van der Waals surface area contributed by atoms with E-state index in [9.17, 15) is 9.59 Å². The summed E-state index contributed by atoms with van der Waals surface area (Å²) in [5.41, 5.74) is 0.991. The van der Waals surface area contributed by atoms with E-state index in [1.54, 1.807) is 0 Å². The van der Waals surface area contributed by atoms with E-state index in [-0.39, 0.29) is 24.9 Å². The lowest BCUT2D eigenvalue weighted by molar-refractivity contribution is -0.158. The van der Waals surface area contributed by atoms with Crippen LogP contribution in [0, 0.1) is 5.92 Å². The lowest BCUT2D eigenvalue weighted by Crippen LogP contribution is -2.36. The van der Waals surface area contributed by atoms with Gasteiger partial charge in [-0.25, -0.2) is 0 Å². The minimum Gasteiger partial charge on any atom is -0.468 e. The molecule has 0 N–H and O–H groups in total. The fourth-order valence-electron chi connectivity index (χ4n) is 2.76. The minimum atomic E-state index is -0.791. The quantitative estimate of drug-likeness (QED) is 0.628. The van der Waals surface area contributed by atoms with Crippen molar-refractivity contribution in [1.29, 1.82) is 0 Å². The number of rotatable bonds is 2. The van der Waals surface area contributed by atoms with Gasteiger partial charge in [0.1, 0.15) is 5.92 Å². The molecule has 4 nitrogen and oxygen atoms in total. The van der Waals surface area contributed by atoms with Crippen LogP contribution in [0.5, 0.6) is 0 Å². The molecule has 2 unspecified atom stereocenters. The molecule has 2 aromatic carbocycles. The molecule has 1 heterocycles. The Hall–Kier alpha value is -2.20. The van der Waals surface area contributed by atoms with Gasteiger partial charge in [0.05, 0.1) is 19.8 Å². The Kier molecular flexibility index (Phi) is 3.71. The average molecular weight is 284 g/mol. The molecule has 0 aliphatic carbocycles. The summed E-state index contributed by atoms with van der Waals surface area (Å²) in [6.45, 7) is 0.0827. The molecule has 0 saturated carbocycles. The number of carbonyl (C=O) groups is 2. The topological polar surface area (TPSA) is 52.6 Å². The SMILES string of the molecule is COC(=O)C1COC(c2cccc3ccccc23)CC1=O. The molecule has 0 bridgehead atoms. The summed E-state index contributed by atoms with van der Waals surface area (Å²) in [6.07, 6.45) is -0.0992. The van der Waals surface area contributed by atoms with E-state index in [2.05, 4.69) is 4.74 Å². The van der Waals surface area contributed by atoms with Crippen LogP contribution in [0.4, 0.5) is 0 Å². The van der Waals surface area contributed by atoms with Gasteiger partial charge >= 0.3 is 5.97 Å². The number of carbonyl (C=O) groups excluding carboxylic acids is 2. The molecule has 2 aromatic rings. The first-order valence-corrected chi connectivity index (χ1v) is 6.90. The third-order valence-electron chi connectivity index (χ3n) is 3.90. The van der Waals surface area contributed by atoms with Gasteiger partial charge in [0, 0.05) is 6.42 Å². The van der Waals surface area contributed by atoms with Gasteiger partial charge in [-0.15, -0.1) is 0 Å². The van der Waals surface area contributed by atoms with Gasteiger partial charge in [0.2, 0.25) is 0 Å². The summed E-state index contributed by atoms with van der Waals surface area (Å²) >= 11 is 0. The molecule has 0 amide bonds. The van der Waals surface area contributed by atoms with Gasteiger partial charge in [-0.05, 0) is 16.3 Å². The van der Waals surface area contributed by atoms with E-state index in [0.717, 1.165) is 16.3 Å². The molecule has 1 fully saturated rings. The number of hydrogen-bond acceptors (Lipinski definition) is 4. The maximum atomic E-state index is 12.1. The molecule has 1 aliphatic rings. The lowest BCUT2D eigenvalue weighted by Gasteiger charge is -2.27. The van der Waals surface area contributed by atoms with Gasteiger partial charge in [0.15, 0.2) is 5.78 Å². The smallest absolute Gasteiger partial charge is 0.318 e. The van der Waals surface area contributed by atoms with Gasteiger partial charge in [0.25, 0.3) is 0 Å². The predicted octanol–water partition coefficient (Wildman–Crippen LogP) is 2.66. The van der Waals surface area contributed by atoms with Crippen molar-refractivity contribution < 1.29 is 19.1 Å². The number of benzene rings is 2. The summed E-state index contributed by atoms with van der Waals surface area (Å²) in [5.74, 6) is -1.43. The van der Waals surface area contributed by atoms with Crippen LogP contribution in [0.3, 0.4) is 0 Å². The molecule has 0 radical (unpaired) electrons. The van der Waals surface area contributed by atoms with Crippen LogP contribution in [-0.4, -0.2) is 25.5 Å². The van der Waals surface area contributed by atoms with Crippen LogP contribution in [0.2, 0.25) is 0 Å². The standard InChI is InChI=1S/C17H16O4/c1-20-17(19)14-10-21-16(9-15(14)18)13-8-4-6-11-5-2-3-7-12(11)13/h2-8,14,16H,9-10H2,1H3. The van der Waals surface area contributed by atoms with Gasteiger partial charge < -0.3 is 9.47 Å². The van der Waals surface area contributed by atoms with Crippen molar-refractivity contribution in [1.82, 2.24) is 0 Å². The van der Waals surface area contributed by atoms with E-state index in [1.807, 2.05) is 42.5 Å². The normalized spacial score (nSPS) is 22.2. The lowest BCUT2D eigenvalue weighted by atomic mass is 9.91. The Labute approximate surface area is 122 Å². The zero-order valence-corrected chi connectivity index (χ0v) is 11.7. The Morgan fingerprint density at radius 3 is 2.71 bits per heavy atom. The molecule has 1 aliphatic heterocycles. The summed E-state index contributed by atoms with van der Waals surface area (Å²) in [5, 5.41) is 2.19. The number of esters is 1. The molecule has 108 valence electrons. The fourth-order valence-corrected chi connectivity index (χ4v) is 2.76. The second kappa shape index (κ2) is 5.66. The van der Waals surface area contributed by atoms with Crippen molar-refractivity contribution in [2.24, 2.45) is 5.92 Å². The van der Waals surface area contributed by atoms with E-state index in [1.165, 1.54) is 7.11 Å². The van der Waals surface area contributed by atoms with Crippen LogP contribution >= 0.6 is 0 Å². The molecule has 4 heteroatoms. The molecular weight excluding hydrogens is 268 g/mol. The molecule has 0 spiro atoms. The van der Waals surface area contributed by atoms with Crippen molar-refractivity contribution in [3.8, 4) is 0 Å². The van der Waals surface area contributed by atoms with E-state index < -0.39 is 11.9 Å². The second-order valence-electron chi connectivity index (χ2n) is 5.14. The van der Waals surface area contributed by atoms with Crippen LogP contribution in [0.25, 0.3) is 10.8 Å². The van der Waals surface area contributed by atoms with Crippen LogP contribution in [0.1, 0.15) is 18.1 Å². The molecule has 0 aromatic heterocycles. The first kappa shape index (κ1) is 13.8. The largest absolute Gasteiger partial charge is 0.468 e. The zero-order valence-electron chi connectivity index (χ0n) is 11.7. The Bertz CT molecular complexity index is 687. The Morgan fingerprint density at radius 1 is 1.19 bits per heavy atom. The molecule has 3 rings (SSSR count). The van der Waals surface area contributed by atoms with Crippen molar-refractivity contribution >= 4 is 22.5 Å². The Balaban J connectivity index is 1.89. The Morgan fingerprint density at radius 2 is 1.95 bits per heavy atom. The van der Waals surface area contributed by atoms with E-state index in [0.29, 0.717) is 0 Å². The van der Waals surface area contributed by atoms with Gasteiger partial charge in [-0.2, -0.15) is 0 Å². The summed E-state index contributed by atoms with van der Waals surface area (Å²) in [7, 11) is 1.28. The highest BCUT2D eigenvalue weighted by Gasteiger charge is 2.36. The zero-order chi connectivity index (χ0) is 14.8. The third-order valence-corrected chi connectivity index (χ3v) is 3.90. The molecule has 2 atom stereocenters. The number of ether oxygens (including phenoxy) is 2.